The highest BCUT2D eigenvalue weighted by molar-refractivity contribution is 9.10. The van der Waals surface area contributed by atoms with Gasteiger partial charge in [-0.1, -0.05) is 17.3 Å². The molecule has 134 valence electrons. The fourth-order valence-electron chi connectivity index (χ4n) is 2.44. The van der Waals surface area contributed by atoms with Crippen LogP contribution < -0.4 is 5.32 Å². The van der Waals surface area contributed by atoms with Crippen LogP contribution in [0.5, 0.6) is 0 Å². The maximum Gasteiger partial charge on any atom is 0.270 e. The van der Waals surface area contributed by atoms with Crippen molar-refractivity contribution in [2.24, 2.45) is 0 Å². The van der Waals surface area contributed by atoms with E-state index >= 15 is 0 Å². The number of halogens is 2. The summed E-state index contributed by atoms with van der Waals surface area (Å²) in [5, 5.41) is 8.64. The van der Waals surface area contributed by atoms with Crippen molar-refractivity contribution in [2.75, 3.05) is 5.32 Å². The van der Waals surface area contributed by atoms with E-state index in [0.29, 0.717) is 32.0 Å². The molecule has 2 heterocycles. The maximum absolute atomic E-state index is 13.1. The van der Waals surface area contributed by atoms with Crippen LogP contribution in [0.4, 0.5) is 10.1 Å². The summed E-state index contributed by atoms with van der Waals surface area (Å²) in [4.78, 5) is 17.5. The van der Waals surface area contributed by atoms with Crippen LogP contribution in [-0.4, -0.2) is 16.0 Å². The SMILES string of the molecule is O=C(Nc1ccsc1-c1nc(-c2ccc(F)cc2)no1)c1ccccc1Br. The maximum atomic E-state index is 13.1. The fraction of sp³-hybridized carbons (Fsp3) is 0. The summed E-state index contributed by atoms with van der Waals surface area (Å²) in [6.45, 7) is 0. The molecule has 0 aliphatic carbocycles. The Bertz CT molecular complexity index is 1110. The van der Waals surface area contributed by atoms with Crippen LogP contribution in [0.2, 0.25) is 0 Å². The number of aromatic nitrogens is 2. The Kier molecular flexibility index (Phi) is 4.83. The first kappa shape index (κ1) is 17.6. The lowest BCUT2D eigenvalue weighted by atomic mass is 10.2. The minimum atomic E-state index is -0.335. The van der Waals surface area contributed by atoms with Gasteiger partial charge >= 0.3 is 0 Å². The zero-order valence-electron chi connectivity index (χ0n) is 13.6. The van der Waals surface area contributed by atoms with Gasteiger partial charge in [0.25, 0.3) is 11.8 Å². The molecule has 2 aromatic heterocycles. The molecule has 0 aliphatic heterocycles. The predicted octanol–water partition coefficient (Wildman–Crippen LogP) is 5.62. The van der Waals surface area contributed by atoms with E-state index in [0.717, 1.165) is 0 Å². The van der Waals surface area contributed by atoms with Gasteiger partial charge in [-0.3, -0.25) is 4.79 Å². The van der Waals surface area contributed by atoms with Crippen LogP contribution in [0.3, 0.4) is 0 Å². The third-order valence-corrected chi connectivity index (χ3v) is 5.35. The highest BCUT2D eigenvalue weighted by atomic mass is 79.9. The van der Waals surface area contributed by atoms with E-state index in [1.165, 1.54) is 23.5 Å². The number of carbonyl (C=O) groups excluding carboxylic acids is 1. The van der Waals surface area contributed by atoms with Gasteiger partial charge in [0.1, 0.15) is 10.7 Å². The predicted molar refractivity (Wildman–Crippen MR) is 105 cm³/mol. The molecule has 0 fully saturated rings. The number of rotatable bonds is 4. The highest BCUT2D eigenvalue weighted by Gasteiger charge is 2.18. The minimum absolute atomic E-state index is 0.250. The molecule has 27 heavy (non-hydrogen) atoms. The number of thiophene rings is 1. The Morgan fingerprint density at radius 2 is 1.89 bits per heavy atom. The summed E-state index contributed by atoms with van der Waals surface area (Å²) < 4.78 is 19.1. The van der Waals surface area contributed by atoms with Gasteiger partial charge in [-0.15, -0.1) is 11.3 Å². The van der Waals surface area contributed by atoms with Gasteiger partial charge < -0.3 is 9.84 Å². The van der Waals surface area contributed by atoms with Crippen LogP contribution >= 0.6 is 27.3 Å². The van der Waals surface area contributed by atoms with Gasteiger partial charge in [0, 0.05) is 10.0 Å². The molecular weight excluding hydrogens is 433 g/mol. The molecule has 0 aliphatic rings. The lowest BCUT2D eigenvalue weighted by molar-refractivity contribution is 0.102. The number of nitrogens with one attached hydrogen (secondary N) is 1. The molecule has 1 N–H and O–H groups in total. The molecule has 0 saturated heterocycles. The number of anilines is 1. The van der Waals surface area contributed by atoms with Crippen molar-refractivity contribution in [1.82, 2.24) is 10.1 Å². The molecule has 5 nitrogen and oxygen atoms in total. The van der Waals surface area contributed by atoms with Crippen molar-refractivity contribution >= 4 is 38.9 Å². The fourth-order valence-corrected chi connectivity index (χ4v) is 3.68. The summed E-state index contributed by atoms with van der Waals surface area (Å²) in [6, 6.07) is 14.8. The average molecular weight is 444 g/mol. The van der Waals surface area contributed by atoms with Crippen molar-refractivity contribution in [3.63, 3.8) is 0 Å². The molecule has 4 aromatic rings. The smallest absolute Gasteiger partial charge is 0.270 e. The van der Waals surface area contributed by atoms with Crippen LogP contribution in [-0.2, 0) is 0 Å². The normalized spacial score (nSPS) is 10.7. The number of carbonyl (C=O) groups is 1. The van der Waals surface area contributed by atoms with Gasteiger partial charge in [-0.05, 0) is 63.8 Å². The first-order valence-electron chi connectivity index (χ1n) is 7.85. The standard InChI is InChI=1S/C19H11BrFN3O2S/c20-14-4-2-1-3-13(14)18(25)22-15-9-10-27-16(15)19-23-17(24-26-19)11-5-7-12(21)8-6-11/h1-10H,(H,22,25). The molecule has 1 amide bonds. The van der Waals surface area contributed by atoms with E-state index in [4.69, 9.17) is 4.52 Å². The Morgan fingerprint density at radius 3 is 2.67 bits per heavy atom. The van der Waals surface area contributed by atoms with Crippen molar-refractivity contribution in [3.05, 3.63) is 75.8 Å². The van der Waals surface area contributed by atoms with Crippen LogP contribution in [0.25, 0.3) is 22.2 Å². The lowest BCUT2D eigenvalue weighted by Crippen LogP contribution is -2.12. The Balaban J connectivity index is 1.60. The number of amides is 1. The van der Waals surface area contributed by atoms with Crippen molar-refractivity contribution < 1.29 is 13.7 Å². The number of benzene rings is 2. The molecule has 0 saturated carbocycles. The van der Waals surface area contributed by atoms with Gasteiger partial charge in [-0.2, -0.15) is 4.98 Å². The summed E-state index contributed by atoms with van der Waals surface area (Å²) >= 11 is 4.75. The zero-order valence-corrected chi connectivity index (χ0v) is 16.1. The largest absolute Gasteiger partial charge is 0.333 e. The first-order valence-corrected chi connectivity index (χ1v) is 9.52. The minimum Gasteiger partial charge on any atom is -0.333 e. The van der Waals surface area contributed by atoms with E-state index in [2.05, 4.69) is 31.4 Å². The van der Waals surface area contributed by atoms with Gasteiger partial charge in [-0.25, -0.2) is 4.39 Å². The van der Waals surface area contributed by atoms with Crippen LogP contribution in [0.15, 0.2) is 69.0 Å². The molecule has 0 bridgehead atoms. The van der Waals surface area contributed by atoms with Crippen LogP contribution in [0.1, 0.15) is 10.4 Å². The Labute approximate surface area is 166 Å². The monoisotopic (exact) mass is 443 g/mol. The van der Waals surface area contributed by atoms with E-state index < -0.39 is 0 Å². The summed E-state index contributed by atoms with van der Waals surface area (Å²) in [5.74, 6) is 0.0476. The van der Waals surface area contributed by atoms with Crippen LogP contribution in [0, 0.1) is 5.82 Å². The average Bonchev–Trinajstić information content (AvgIpc) is 3.32. The number of nitrogens with zero attached hydrogens (tertiary/aromatic N) is 2. The number of hydrogen-bond acceptors (Lipinski definition) is 5. The topological polar surface area (TPSA) is 68.0 Å². The van der Waals surface area contributed by atoms with E-state index in [1.54, 1.807) is 36.4 Å². The highest BCUT2D eigenvalue weighted by Crippen LogP contribution is 2.34. The second-order valence-corrected chi connectivity index (χ2v) is 7.30. The molecule has 0 spiro atoms. The third-order valence-electron chi connectivity index (χ3n) is 3.75. The van der Waals surface area contributed by atoms with Crippen molar-refractivity contribution in [3.8, 4) is 22.2 Å². The van der Waals surface area contributed by atoms with Crippen molar-refractivity contribution in [1.29, 1.82) is 0 Å². The first-order chi connectivity index (χ1) is 13.1. The second kappa shape index (κ2) is 7.42. The molecule has 4 rings (SSSR count). The molecule has 8 heteroatoms. The number of hydrogen-bond donors (Lipinski definition) is 1. The zero-order chi connectivity index (χ0) is 18.8. The van der Waals surface area contributed by atoms with Gasteiger partial charge in [0.2, 0.25) is 5.82 Å². The quantitative estimate of drug-likeness (QED) is 0.444. The summed E-state index contributed by atoms with van der Waals surface area (Å²) in [7, 11) is 0. The summed E-state index contributed by atoms with van der Waals surface area (Å²) in [5.41, 5.74) is 1.74. The van der Waals surface area contributed by atoms with E-state index in [9.17, 15) is 9.18 Å². The van der Waals surface area contributed by atoms with Gasteiger partial charge in [0.05, 0.1) is 11.3 Å². The Hall–Kier alpha value is -2.84. The molecule has 0 unspecified atom stereocenters. The lowest BCUT2D eigenvalue weighted by Gasteiger charge is -2.06. The molecule has 2 aromatic carbocycles. The molecular formula is C19H11BrFN3O2S. The molecule has 0 atom stereocenters. The van der Waals surface area contributed by atoms with Crippen molar-refractivity contribution in [2.45, 2.75) is 0 Å². The van der Waals surface area contributed by atoms with Gasteiger partial charge in [0.15, 0.2) is 0 Å². The van der Waals surface area contributed by atoms with E-state index in [-0.39, 0.29) is 17.6 Å². The Morgan fingerprint density at radius 1 is 1.11 bits per heavy atom. The third kappa shape index (κ3) is 3.67. The molecule has 0 radical (unpaired) electrons. The second-order valence-electron chi connectivity index (χ2n) is 5.53. The summed E-state index contributed by atoms with van der Waals surface area (Å²) in [6.07, 6.45) is 0. The van der Waals surface area contributed by atoms with E-state index in [1.807, 2.05) is 11.4 Å².